The van der Waals surface area contributed by atoms with E-state index in [0.717, 1.165) is 4.31 Å². The van der Waals surface area contributed by atoms with Crippen molar-refractivity contribution in [2.45, 2.75) is 6.92 Å². The van der Waals surface area contributed by atoms with Gasteiger partial charge in [0.05, 0.1) is 6.61 Å². The van der Waals surface area contributed by atoms with Crippen LogP contribution >= 0.6 is 0 Å². The summed E-state index contributed by atoms with van der Waals surface area (Å²) < 4.78 is 22.4. The van der Waals surface area contributed by atoms with Gasteiger partial charge >= 0.3 is 0 Å². The largest absolute Gasteiger partial charge is 0.396 e. The van der Waals surface area contributed by atoms with Crippen LogP contribution in [0.15, 0.2) is 0 Å². The third kappa shape index (κ3) is 1.70. The van der Waals surface area contributed by atoms with Gasteiger partial charge < -0.3 is 5.11 Å². The van der Waals surface area contributed by atoms with Crippen LogP contribution in [0.2, 0.25) is 0 Å². The molecule has 11 heavy (non-hydrogen) atoms. The van der Waals surface area contributed by atoms with Crippen LogP contribution < -0.4 is 5.14 Å². The van der Waals surface area contributed by atoms with Gasteiger partial charge in [0.2, 0.25) is 0 Å². The summed E-state index contributed by atoms with van der Waals surface area (Å²) in [5.74, 6) is 0. The van der Waals surface area contributed by atoms with Gasteiger partial charge in [-0.3, -0.25) is 0 Å². The smallest absolute Gasteiger partial charge is 0.276 e. The van der Waals surface area contributed by atoms with Crippen molar-refractivity contribution < 1.29 is 13.5 Å². The summed E-state index contributed by atoms with van der Waals surface area (Å²) in [6, 6.07) is 0. The van der Waals surface area contributed by atoms with E-state index < -0.39 is 10.2 Å². The molecule has 0 radical (unpaired) electrons. The highest BCUT2D eigenvalue weighted by molar-refractivity contribution is 7.86. The van der Waals surface area contributed by atoms with Crippen LogP contribution in [0.1, 0.15) is 6.92 Å². The minimum absolute atomic E-state index is 0.000972. The second-order valence-corrected chi connectivity index (χ2v) is 4.83. The first-order valence-electron chi connectivity index (χ1n) is 3.26. The van der Waals surface area contributed by atoms with Crippen LogP contribution in [0.5, 0.6) is 0 Å². The zero-order chi connectivity index (χ0) is 8.70. The van der Waals surface area contributed by atoms with E-state index >= 15 is 0 Å². The average molecular weight is 180 g/mol. The van der Waals surface area contributed by atoms with E-state index in [1.54, 1.807) is 0 Å². The summed E-state index contributed by atoms with van der Waals surface area (Å²) in [5.41, 5.74) is -0.285. The van der Waals surface area contributed by atoms with E-state index in [1.807, 2.05) is 6.92 Å². The number of nitrogens with two attached hydrogens (primary N) is 1. The van der Waals surface area contributed by atoms with Gasteiger partial charge in [-0.25, -0.2) is 5.14 Å². The fraction of sp³-hybridized carbons (Fsp3) is 1.00. The molecule has 1 aliphatic rings. The van der Waals surface area contributed by atoms with Gasteiger partial charge in [0.25, 0.3) is 10.2 Å². The van der Waals surface area contributed by atoms with Crippen LogP contribution in [-0.4, -0.2) is 37.5 Å². The van der Waals surface area contributed by atoms with Crippen LogP contribution in [0.3, 0.4) is 0 Å². The first-order valence-corrected chi connectivity index (χ1v) is 4.76. The highest BCUT2D eigenvalue weighted by Crippen LogP contribution is 2.29. The maximum atomic E-state index is 10.6. The molecule has 0 aliphatic carbocycles. The Balaban J connectivity index is 2.54. The van der Waals surface area contributed by atoms with Gasteiger partial charge in [-0.05, 0) is 0 Å². The number of hydrogen-bond donors (Lipinski definition) is 2. The Labute approximate surface area is 66.0 Å². The third-order valence-corrected chi connectivity index (χ3v) is 2.84. The van der Waals surface area contributed by atoms with Crippen molar-refractivity contribution in [3.8, 4) is 0 Å². The molecule has 0 aromatic carbocycles. The van der Waals surface area contributed by atoms with Gasteiger partial charge in [-0.2, -0.15) is 12.7 Å². The summed E-state index contributed by atoms with van der Waals surface area (Å²) in [5, 5.41) is 13.6. The van der Waals surface area contributed by atoms with E-state index in [2.05, 4.69) is 0 Å². The SMILES string of the molecule is CC1(CO)CN(S(N)(=O)=O)C1. The molecule has 0 unspecified atom stereocenters. The fourth-order valence-corrected chi connectivity index (χ4v) is 2.07. The molecule has 0 aromatic rings. The summed E-state index contributed by atoms with van der Waals surface area (Å²) in [4.78, 5) is 0. The lowest BCUT2D eigenvalue weighted by atomic mass is 9.85. The lowest BCUT2D eigenvalue weighted by molar-refractivity contribution is 0.0255. The zero-order valence-corrected chi connectivity index (χ0v) is 7.13. The molecular weight excluding hydrogens is 168 g/mol. The van der Waals surface area contributed by atoms with Crippen LogP contribution in [0, 0.1) is 5.41 Å². The minimum Gasteiger partial charge on any atom is -0.396 e. The average Bonchev–Trinajstić information content (AvgIpc) is 1.78. The highest BCUT2D eigenvalue weighted by atomic mass is 32.2. The van der Waals surface area contributed by atoms with Crippen molar-refractivity contribution in [2.75, 3.05) is 19.7 Å². The molecule has 66 valence electrons. The molecule has 1 rings (SSSR count). The van der Waals surface area contributed by atoms with Crippen LogP contribution in [0.4, 0.5) is 0 Å². The van der Waals surface area contributed by atoms with Crippen molar-refractivity contribution >= 4 is 10.2 Å². The predicted molar refractivity (Wildman–Crippen MR) is 39.9 cm³/mol. The molecule has 6 heteroatoms. The van der Waals surface area contributed by atoms with E-state index in [1.165, 1.54) is 0 Å². The first-order chi connectivity index (χ1) is 4.87. The van der Waals surface area contributed by atoms with Gasteiger partial charge in [0.15, 0.2) is 0 Å². The topological polar surface area (TPSA) is 83.6 Å². The minimum atomic E-state index is -3.52. The quantitative estimate of drug-likeness (QED) is 0.542. The van der Waals surface area contributed by atoms with Gasteiger partial charge in [0, 0.05) is 18.5 Å². The molecule has 0 atom stereocenters. The molecule has 1 saturated heterocycles. The lowest BCUT2D eigenvalue weighted by Crippen LogP contribution is -2.60. The summed E-state index contributed by atoms with van der Waals surface area (Å²) >= 11 is 0. The Morgan fingerprint density at radius 1 is 1.64 bits per heavy atom. The lowest BCUT2D eigenvalue weighted by Gasteiger charge is -2.44. The van der Waals surface area contributed by atoms with E-state index in [0.29, 0.717) is 13.1 Å². The number of hydrogen-bond acceptors (Lipinski definition) is 3. The van der Waals surface area contributed by atoms with Crippen molar-refractivity contribution in [1.82, 2.24) is 4.31 Å². The van der Waals surface area contributed by atoms with Crippen molar-refractivity contribution in [1.29, 1.82) is 0 Å². The number of aliphatic hydroxyl groups excluding tert-OH is 1. The Kier molecular flexibility index (Phi) is 1.96. The predicted octanol–water partition coefficient (Wildman–Crippen LogP) is -1.50. The van der Waals surface area contributed by atoms with Crippen LogP contribution in [0.25, 0.3) is 0 Å². The number of rotatable bonds is 2. The molecule has 3 N–H and O–H groups in total. The Morgan fingerprint density at radius 3 is 2.36 bits per heavy atom. The zero-order valence-electron chi connectivity index (χ0n) is 6.32. The molecule has 1 heterocycles. The fourth-order valence-electron chi connectivity index (χ4n) is 1.09. The monoisotopic (exact) mass is 180 g/mol. The Hall–Kier alpha value is -0.170. The van der Waals surface area contributed by atoms with Crippen molar-refractivity contribution in [2.24, 2.45) is 10.6 Å². The first kappa shape index (κ1) is 8.92. The van der Waals surface area contributed by atoms with Crippen LogP contribution in [-0.2, 0) is 10.2 Å². The third-order valence-electron chi connectivity index (χ3n) is 1.86. The molecule has 1 fully saturated rings. The summed E-state index contributed by atoms with van der Waals surface area (Å²) in [6.45, 7) is 2.46. The van der Waals surface area contributed by atoms with E-state index in [4.69, 9.17) is 10.2 Å². The number of nitrogens with zero attached hydrogens (tertiary/aromatic N) is 1. The van der Waals surface area contributed by atoms with E-state index in [9.17, 15) is 8.42 Å². The highest BCUT2D eigenvalue weighted by Gasteiger charge is 2.42. The standard InChI is InChI=1S/C5H12N2O3S/c1-5(4-8)2-7(3-5)11(6,9)10/h8H,2-4H2,1H3,(H2,6,9,10). The Morgan fingerprint density at radius 2 is 2.09 bits per heavy atom. The van der Waals surface area contributed by atoms with Gasteiger partial charge in [-0.15, -0.1) is 0 Å². The summed E-state index contributed by atoms with van der Waals surface area (Å²) in [7, 11) is -3.52. The molecule has 0 aromatic heterocycles. The molecule has 0 spiro atoms. The van der Waals surface area contributed by atoms with Crippen molar-refractivity contribution in [3.63, 3.8) is 0 Å². The van der Waals surface area contributed by atoms with Crippen molar-refractivity contribution in [3.05, 3.63) is 0 Å². The Bertz CT molecular complexity index is 242. The second-order valence-electron chi connectivity index (χ2n) is 3.28. The molecular formula is C5H12N2O3S. The summed E-state index contributed by atoms with van der Waals surface area (Å²) in [6.07, 6.45) is 0. The maximum absolute atomic E-state index is 10.6. The number of aliphatic hydroxyl groups is 1. The maximum Gasteiger partial charge on any atom is 0.276 e. The molecule has 0 saturated carbocycles. The normalized spacial score (nSPS) is 24.6. The molecule has 5 nitrogen and oxygen atoms in total. The second kappa shape index (κ2) is 2.41. The molecule has 0 bridgehead atoms. The van der Waals surface area contributed by atoms with Gasteiger partial charge in [0.1, 0.15) is 0 Å². The van der Waals surface area contributed by atoms with Gasteiger partial charge in [-0.1, -0.05) is 6.92 Å². The molecule has 0 amide bonds. The van der Waals surface area contributed by atoms with E-state index in [-0.39, 0.29) is 12.0 Å². The molecule has 1 aliphatic heterocycles.